The van der Waals surface area contributed by atoms with Gasteiger partial charge in [-0.15, -0.1) is 11.6 Å². The van der Waals surface area contributed by atoms with E-state index in [4.69, 9.17) is 32.7 Å². The van der Waals surface area contributed by atoms with Crippen LogP contribution in [0.25, 0.3) is 10.9 Å². The first-order valence-electron chi connectivity index (χ1n) is 12.9. The highest BCUT2D eigenvalue weighted by molar-refractivity contribution is 6.31. The second kappa shape index (κ2) is 12.1. The predicted octanol–water partition coefficient (Wildman–Crippen LogP) is 8.28. The third kappa shape index (κ3) is 5.92. The summed E-state index contributed by atoms with van der Waals surface area (Å²) in [6.45, 7) is 1.10. The van der Waals surface area contributed by atoms with Crippen LogP contribution in [0.4, 0.5) is 9.18 Å². The highest BCUT2D eigenvalue weighted by atomic mass is 35.5. The Labute approximate surface area is 231 Å². The van der Waals surface area contributed by atoms with Crippen LogP contribution in [0.3, 0.4) is 0 Å². The number of nitrogens with one attached hydrogen (secondary N) is 1. The second-order valence-corrected chi connectivity index (χ2v) is 10.2. The number of hydrogen-bond donors (Lipinski definition) is 1. The minimum absolute atomic E-state index is 0.291. The molecule has 5 rings (SSSR count). The van der Waals surface area contributed by atoms with Crippen LogP contribution < -0.4 is 9.47 Å². The van der Waals surface area contributed by atoms with Crippen molar-refractivity contribution in [2.24, 2.45) is 0 Å². The third-order valence-electron chi connectivity index (χ3n) is 6.83. The molecule has 0 spiro atoms. The fraction of sp³-hybridized carbons (Fsp3) is 0.300. The van der Waals surface area contributed by atoms with E-state index >= 15 is 0 Å². The monoisotopic (exact) mass is 554 g/mol. The first-order chi connectivity index (χ1) is 18.5. The summed E-state index contributed by atoms with van der Waals surface area (Å²) >= 11 is 12.0. The highest BCUT2D eigenvalue weighted by Crippen LogP contribution is 2.40. The zero-order valence-electron chi connectivity index (χ0n) is 20.9. The molecule has 1 amide bonds. The number of ether oxygens (including phenoxy) is 2. The van der Waals surface area contributed by atoms with Gasteiger partial charge in [-0.1, -0.05) is 36.6 Å². The number of carbonyl (C=O) groups excluding carboxylic acids is 1. The Morgan fingerprint density at radius 1 is 0.974 bits per heavy atom. The number of unbranched alkanes of at least 4 members (excludes halogenated alkanes) is 3. The van der Waals surface area contributed by atoms with E-state index in [1.54, 1.807) is 4.90 Å². The van der Waals surface area contributed by atoms with Crippen molar-refractivity contribution in [2.45, 2.75) is 38.1 Å². The maximum Gasteiger partial charge on any atom is 0.416 e. The van der Waals surface area contributed by atoms with Crippen LogP contribution in [0.5, 0.6) is 11.5 Å². The minimum Gasteiger partial charge on any atom is -0.494 e. The lowest BCUT2D eigenvalue weighted by Crippen LogP contribution is -2.42. The van der Waals surface area contributed by atoms with Gasteiger partial charge in [0.05, 0.1) is 6.61 Å². The molecule has 8 heteroatoms. The maximum absolute atomic E-state index is 13.4. The number of rotatable bonds is 9. The second-order valence-electron chi connectivity index (χ2n) is 9.40. The lowest BCUT2D eigenvalue weighted by Gasteiger charge is -2.35. The van der Waals surface area contributed by atoms with Gasteiger partial charge in [0, 0.05) is 34.0 Å². The van der Waals surface area contributed by atoms with Crippen molar-refractivity contribution in [1.29, 1.82) is 0 Å². The molecule has 1 aliphatic heterocycles. The van der Waals surface area contributed by atoms with Crippen molar-refractivity contribution in [3.8, 4) is 11.5 Å². The molecule has 0 fully saturated rings. The minimum atomic E-state index is -0.499. The first-order valence-corrected chi connectivity index (χ1v) is 13.8. The molecular weight excluding hydrogens is 526 g/mol. The summed E-state index contributed by atoms with van der Waals surface area (Å²) in [4.78, 5) is 18.6. The number of aromatic nitrogens is 1. The summed E-state index contributed by atoms with van der Waals surface area (Å²) in [5.74, 6) is 1.38. The molecule has 3 aromatic carbocycles. The number of nitrogens with zero attached hydrogens (tertiary/aromatic N) is 1. The van der Waals surface area contributed by atoms with Gasteiger partial charge < -0.3 is 14.5 Å². The van der Waals surface area contributed by atoms with E-state index in [2.05, 4.69) is 4.98 Å². The quantitative estimate of drug-likeness (QED) is 0.167. The summed E-state index contributed by atoms with van der Waals surface area (Å²) in [6.07, 6.45) is 4.35. The summed E-state index contributed by atoms with van der Waals surface area (Å²) in [5, 5.41) is 1.72. The van der Waals surface area contributed by atoms with E-state index in [0.717, 1.165) is 59.2 Å². The molecule has 1 unspecified atom stereocenters. The van der Waals surface area contributed by atoms with E-state index in [0.29, 0.717) is 36.2 Å². The van der Waals surface area contributed by atoms with Gasteiger partial charge >= 0.3 is 6.09 Å². The summed E-state index contributed by atoms with van der Waals surface area (Å²) < 4.78 is 24.9. The molecule has 2 heterocycles. The van der Waals surface area contributed by atoms with Crippen LogP contribution in [0.15, 0.2) is 66.7 Å². The van der Waals surface area contributed by atoms with Gasteiger partial charge in [-0.3, -0.25) is 4.90 Å². The SMILES string of the molecule is O=C(Oc1ccc(F)cc1)N1CCc2c([nH]c3ccc(Cl)cc23)C1c1ccc(OCCCCCCCl)cc1. The fourth-order valence-corrected chi connectivity index (χ4v) is 5.31. The van der Waals surface area contributed by atoms with E-state index in [1.165, 1.54) is 24.3 Å². The van der Waals surface area contributed by atoms with Gasteiger partial charge in [0.2, 0.25) is 0 Å². The van der Waals surface area contributed by atoms with Crippen molar-refractivity contribution in [1.82, 2.24) is 9.88 Å². The van der Waals surface area contributed by atoms with Gasteiger partial charge in [-0.05, 0) is 85.0 Å². The third-order valence-corrected chi connectivity index (χ3v) is 7.34. The smallest absolute Gasteiger partial charge is 0.416 e. The van der Waals surface area contributed by atoms with Crippen molar-refractivity contribution in [2.75, 3.05) is 19.0 Å². The van der Waals surface area contributed by atoms with E-state index in [1.807, 2.05) is 42.5 Å². The molecule has 1 aromatic heterocycles. The molecule has 1 aliphatic rings. The molecule has 1 N–H and O–H groups in total. The average molecular weight is 555 g/mol. The Hall–Kier alpha value is -3.22. The Morgan fingerprint density at radius 3 is 2.47 bits per heavy atom. The lowest BCUT2D eigenvalue weighted by atomic mass is 9.92. The number of fused-ring (bicyclic) bond motifs is 3. The van der Waals surface area contributed by atoms with E-state index < -0.39 is 12.1 Å². The largest absolute Gasteiger partial charge is 0.494 e. The van der Waals surface area contributed by atoms with Crippen LogP contribution in [-0.2, 0) is 6.42 Å². The molecule has 0 bridgehead atoms. The Bertz CT molecular complexity index is 1390. The van der Waals surface area contributed by atoms with Crippen molar-refractivity contribution in [3.63, 3.8) is 0 Å². The van der Waals surface area contributed by atoms with Crippen molar-refractivity contribution >= 4 is 40.2 Å². The van der Waals surface area contributed by atoms with Crippen LogP contribution in [0, 0.1) is 5.82 Å². The van der Waals surface area contributed by atoms with E-state index in [-0.39, 0.29) is 5.82 Å². The molecule has 5 nitrogen and oxygen atoms in total. The number of alkyl halides is 1. The number of aromatic amines is 1. The first kappa shape index (κ1) is 26.4. The normalized spacial score (nSPS) is 14.9. The van der Waals surface area contributed by atoms with Crippen molar-refractivity contribution < 1.29 is 18.7 Å². The van der Waals surface area contributed by atoms with Crippen LogP contribution in [0.1, 0.15) is 48.5 Å². The highest BCUT2D eigenvalue weighted by Gasteiger charge is 2.35. The summed E-state index contributed by atoms with van der Waals surface area (Å²) in [5.41, 5.74) is 3.95. The number of halogens is 3. The standard InChI is InChI=1S/C30H29Cl2FN2O3/c31-16-3-1-2-4-18-37-23-10-5-20(6-11-23)29-28-25(26-19-21(32)7-14-27(26)34-28)15-17-35(29)30(36)38-24-12-8-22(33)9-13-24/h5-14,19,29,34H,1-4,15-18H2. The van der Waals surface area contributed by atoms with Crippen LogP contribution in [0.2, 0.25) is 5.02 Å². The number of H-pyrrole nitrogens is 1. The average Bonchev–Trinajstić information content (AvgIpc) is 3.29. The molecule has 0 radical (unpaired) electrons. The molecule has 1 atom stereocenters. The number of benzene rings is 3. The molecule has 0 aliphatic carbocycles. The van der Waals surface area contributed by atoms with Crippen LogP contribution in [-0.4, -0.2) is 35.0 Å². The molecule has 0 saturated carbocycles. The Kier molecular flexibility index (Phi) is 8.40. The molecule has 38 heavy (non-hydrogen) atoms. The fourth-order valence-electron chi connectivity index (χ4n) is 4.95. The summed E-state index contributed by atoms with van der Waals surface area (Å²) in [7, 11) is 0. The number of amides is 1. The zero-order valence-corrected chi connectivity index (χ0v) is 22.4. The van der Waals surface area contributed by atoms with Gasteiger partial charge in [-0.2, -0.15) is 0 Å². The Balaban J connectivity index is 1.41. The maximum atomic E-state index is 13.4. The number of carbonyl (C=O) groups is 1. The molecular formula is C30H29Cl2FN2O3. The summed E-state index contributed by atoms with van der Waals surface area (Å²) in [6, 6.07) is 18.6. The molecule has 0 saturated heterocycles. The van der Waals surface area contributed by atoms with Gasteiger partial charge in [0.25, 0.3) is 0 Å². The molecule has 4 aromatic rings. The molecule has 198 valence electrons. The van der Waals surface area contributed by atoms with E-state index in [9.17, 15) is 9.18 Å². The van der Waals surface area contributed by atoms with Gasteiger partial charge in [0.1, 0.15) is 23.4 Å². The topological polar surface area (TPSA) is 54.6 Å². The predicted molar refractivity (Wildman–Crippen MR) is 149 cm³/mol. The lowest BCUT2D eigenvalue weighted by molar-refractivity contribution is 0.135. The zero-order chi connectivity index (χ0) is 26.5. The van der Waals surface area contributed by atoms with Gasteiger partial charge in [0.15, 0.2) is 0 Å². The van der Waals surface area contributed by atoms with Crippen LogP contribution >= 0.6 is 23.2 Å². The van der Waals surface area contributed by atoms with Gasteiger partial charge in [-0.25, -0.2) is 9.18 Å². The van der Waals surface area contributed by atoms with Crippen molar-refractivity contribution in [3.05, 3.63) is 94.4 Å². The number of hydrogen-bond acceptors (Lipinski definition) is 3. The Morgan fingerprint density at radius 2 is 1.71 bits per heavy atom.